The lowest BCUT2D eigenvalue weighted by Gasteiger charge is -2.26. The van der Waals surface area contributed by atoms with Crippen molar-refractivity contribution < 1.29 is 9.13 Å². The molecule has 124 valence electrons. The lowest BCUT2D eigenvalue weighted by molar-refractivity contribution is -0.819. The van der Waals surface area contributed by atoms with Crippen LogP contribution in [0.15, 0.2) is 109 Å². The molecule has 1 aliphatic rings. The fourth-order valence-corrected chi connectivity index (χ4v) is 4.12. The molecule has 2 nitrogen and oxygen atoms in total. The summed E-state index contributed by atoms with van der Waals surface area (Å²) < 4.78 is 4.84. The van der Waals surface area contributed by atoms with Gasteiger partial charge < -0.3 is 0 Å². The molecule has 0 N–H and O–H groups in total. The van der Waals surface area contributed by atoms with Gasteiger partial charge in [-0.25, -0.2) is 0 Å². The second kappa shape index (κ2) is 6.23. The van der Waals surface area contributed by atoms with Crippen LogP contribution in [0.4, 0.5) is 0 Å². The molecule has 5 rings (SSSR count). The van der Waals surface area contributed by atoms with Gasteiger partial charge in [-0.15, -0.1) is 0 Å². The van der Waals surface area contributed by atoms with Gasteiger partial charge in [0.2, 0.25) is 12.1 Å². The molecule has 0 radical (unpaired) electrons. The number of hydrogen-bond acceptors (Lipinski definition) is 0. The van der Waals surface area contributed by atoms with Crippen LogP contribution in [0.25, 0.3) is 11.4 Å². The SMILES string of the molecule is c1ccc([C@H]2[C@H](c3ccccc3)[n+]3ccccc3-c3cccc[n+]32)cc1. The molecule has 0 bridgehead atoms. The highest BCUT2D eigenvalue weighted by Crippen LogP contribution is 2.34. The van der Waals surface area contributed by atoms with E-state index in [9.17, 15) is 0 Å². The van der Waals surface area contributed by atoms with Gasteiger partial charge in [0.15, 0.2) is 12.4 Å². The Kier molecular flexibility index (Phi) is 3.60. The normalized spacial score (nSPS) is 18.0. The highest BCUT2D eigenvalue weighted by Gasteiger charge is 2.47. The molecule has 0 unspecified atom stereocenters. The minimum absolute atomic E-state index is 0.203. The summed E-state index contributed by atoms with van der Waals surface area (Å²) in [5.74, 6) is 0. The van der Waals surface area contributed by atoms with Crippen LogP contribution < -0.4 is 9.13 Å². The average Bonchev–Trinajstić information content (AvgIpc) is 2.74. The monoisotopic (exact) mass is 336 g/mol. The third kappa shape index (κ3) is 2.34. The topological polar surface area (TPSA) is 7.76 Å². The summed E-state index contributed by atoms with van der Waals surface area (Å²) in [7, 11) is 0. The zero-order valence-electron chi connectivity index (χ0n) is 14.4. The Morgan fingerprint density at radius 1 is 0.423 bits per heavy atom. The van der Waals surface area contributed by atoms with Crippen LogP contribution in [-0.4, -0.2) is 0 Å². The minimum Gasteiger partial charge on any atom is -0.179 e. The van der Waals surface area contributed by atoms with Crippen molar-refractivity contribution in [3.63, 3.8) is 0 Å². The molecule has 0 fully saturated rings. The summed E-state index contributed by atoms with van der Waals surface area (Å²) in [5.41, 5.74) is 5.13. The highest BCUT2D eigenvalue weighted by atomic mass is 15.2. The molecule has 4 aromatic rings. The Hall–Kier alpha value is -3.26. The van der Waals surface area contributed by atoms with E-state index < -0.39 is 0 Å². The summed E-state index contributed by atoms with van der Waals surface area (Å²) in [6, 6.07) is 35.0. The first-order chi connectivity index (χ1) is 12.9. The number of benzene rings is 2. The lowest BCUT2D eigenvalue weighted by Crippen LogP contribution is -2.60. The average molecular weight is 336 g/mol. The first-order valence-corrected chi connectivity index (χ1v) is 9.04. The maximum absolute atomic E-state index is 2.42. The van der Waals surface area contributed by atoms with Crippen molar-refractivity contribution in [1.82, 2.24) is 0 Å². The summed E-state index contributed by atoms with van der Waals surface area (Å²) in [6.45, 7) is 0. The van der Waals surface area contributed by atoms with Crippen molar-refractivity contribution in [3.05, 3.63) is 121 Å². The van der Waals surface area contributed by atoms with Crippen LogP contribution in [0.1, 0.15) is 23.2 Å². The third-order valence-corrected chi connectivity index (χ3v) is 5.22. The molecule has 0 amide bonds. The second-order valence-corrected chi connectivity index (χ2v) is 6.70. The Bertz CT molecular complexity index is 955. The van der Waals surface area contributed by atoms with Crippen LogP contribution in [0.2, 0.25) is 0 Å². The minimum atomic E-state index is 0.203. The molecule has 2 aromatic heterocycles. The molecule has 26 heavy (non-hydrogen) atoms. The number of fused-ring (bicyclic) bond motifs is 3. The Labute approximate surface area is 153 Å². The predicted molar refractivity (Wildman–Crippen MR) is 101 cm³/mol. The van der Waals surface area contributed by atoms with E-state index in [1.165, 1.54) is 22.5 Å². The zero-order valence-corrected chi connectivity index (χ0v) is 14.4. The molecule has 2 heteroatoms. The van der Waals surface area contributed by atoms with Crippen molar-refractivity contribution in [3.8, 4) is 11.4 Å². The van der Waals surface area contributed by atoms with Crippen molar-refractivity contribution in [2.75, 3.05) is 0 Å². The number of pyridine rings is 2. The van der Waals surface area contributed by atoms with Crippen LogP contribution in [-0.2, 0) is 0 Å². The standard InChI is InChI=1S/C24H20N2/c1-3-11-19(12-4-1)23-24(20-13-5-2-6-14-20)26-18-10-8-16-22(26)21-15-7-9-17-25(21)23/h1-18,23-24H/q+2/t23-,24-/m0/s1. The van der Waals surface area contributed by atoms with Crippen molar-refractivity contribution in [2.45, 2.75) is 12.1 Å². The van der Waals surface area contributed by atoms with Crippen LogP contribution >= 0.6 is 0 Å². The van der Waals surface area contributed by atoms with Crippen LogP contribution in [0.5, 0.6) is 0 Å². The molecule has 3 heterocycles. The molecular formula is C24H20N2+2. The van der Waals surface area contributed by atoms with E-state index in [4.69, 9.17) is 0 Å². The first kappa shape index (κ1) is 15.0. The second-order valence-electron chi connectivity index (χ2n) is 6.70. The number of hydrogen-bond donors (Lipinski definition) is 0. The smallest absolute Gasteiger partial charge is 0.179 e. The van der Waals surface area contributed by atoms with E-state index >= 15 is 0 Å². The van der Waals surface area contributed by atoms with Crippen molar-refractivity contribution in [1.29, 1.82) is 0 Å². The Morgan fingerprint density at radius 3 is 1.23 bits per heavy atom. The van der Waals surface area contributed by atoms with E-state index in [2.05, 4.69) is 119 Å². The van der Waals surface area contributed by atoms with Crippen LogP contribution in [0, 0.1) is 0 Å². The van der Waals surface area contributed by atoms with E-state index in [-0.39, 0.29) is 12.1 Å². The maximum Gasteiger partial charge on any atom is 0.278 e. The highest BCUT2D eigenvalue weighted by molar-refractivity contribution is 5.47. The molecule has 2 atom stereocenters. The molecule has 0 spiro atoms. The quantitative estimate of drug-likeness (QED) is 0.487. The van der Waals surface area contributed by atoms with Gasteiger partial charge in [-0.3, -0.25) is 0 Å². The first-order valence-electron chi connectivity index (χ1n) is 9.04. The van der Waals surface area contributed by atoms with Gasteiger partial charge >= 0.3 is 0 Å². The molecule has 0 aliphatic carbocycles. The zero-order chi connectivity index (χ0) is 17.3. The number of nitrogens with zero attached hydrogens (tertiary/aromatic N) is 2. The summed E-state index contributed by atoms with van der Waals surface area (Å²) in [4.78, 5) is 0. The van der Waals surface area contributed by atoms with E-state index in [1.807, 2.05) is 0 Å². The number of rotatable bonds is 2. The van der Waals surface area contributed by atoms with Crippen LogP contribution in [0.3, 0.4) is 0 Å². The third-order valence-electron chi connectivity index (χ3n) is 5.22. The lowest BCUT2D eigenvalue weighted by atomic mass is 9.89. The van der Waals surface area contributed by atoms with Gasteiger partial charge in [0.25, 0.3) is 11.4 Å². The van der Waals surface area contributed by atoms with E-state index in [1.54, 1.807) is 0 Å². The Morgan fingerprint density at radius 2 is 0.808 bits per heavy atom. The van der Waals surface area contributed by atoms with E-state index in [0.717, 1.165) is 0 Å². The molecule has 0 saturated carbocycles. The Balaban J connectivity index is 1.83. The summed E-state index contributed by atoms with van der Waals surface area (Å²) in [5, 5.41) is 0. The van der Waals surface area contributed by atoms with E-state index in [0.29, 0.717) is 0 Å². The summed E-state index contributed by atoms with van der Waals surface area (Å²) >= 11 is 0. The maximum atomic E-state index is 2.42. The fraction of sp³-hybridized carbons (Fsp3) is 0.0833. The molecule has 2 aromatic carbocycles. The molecule has 1 aliphatic heterocycles. The van der Waals surface area contributed by atoms with Gasteiger partial charge in [0, 0.05) is 35.4 Å². The fourth-order valence-electron chi connectivity index (χ4n) is 4.12. The summed E-state index contributed by atoms with van der Waals surface area (Å²) in [6.07, 6.45) is 4.42. The van der Waals surface area contributed by atoms with Gasteiger partial charge in [-0.05, 0) is 12.1 Å². The van der Waals surface area contributed by atoms with Gasteiger partial charge in [-0.2, -0.15) is 9.13 Å². The largest absolute Gasteiger partial charge is 0.278 e. The number of aromatic nitrogens is 2. The molecular weight excluding hydrogens is 316 g/mol. The molecule has 0 saturated heterocycles. The van der Waals surface area contributed by atoms with Crippen molar-refractivity contribution in [2.24, 2.45) is 0 Å². The van der Waals surface area contributed by atoms with Gasteiger partial charge in [0.05, 0.1) is 0 Å². The van der Waals surface area contributed by atoms with Gasteiger partial charge in [0.1, 0.15) is 0 Å². The predicted octanol–water partition coefficient (Wildman–Crippen LogP) is 4.12. The van der Waals surface area contributed by atoms with Crippen molar-refractivity contribution >= 4 is 0 Å². The van der Waals surface area contributed by atoms with Gasteiger partial charge in [-0.1, -0.05) is 60.7 Å².